The molecular formula is C24H30O2. The van der Waals surface area contributed by atoms with Gasteiger partial charge < -0.3 is 4.74 Å². The van der Waals surface area contributed by atoms with Crippen molar-refractivity contribution < 1.29 is 9.53 Å². The maximum absolute atomic E-state index is 12.9. The second kappa shape index (κ2) is 7.65. The number of ether oxygens (including phenoxy) is 1. The van der Waals surface area contributed by atoms with Crippen LogP contribution in [0.5, 0.6) is 0 Å². The summed E-state index contributed by atoms with van der Waals surface area (Å²) in [6, 6.07) is 18.2. The minimum atomic E-state index is -0.474. The lowest BCUT2D eigenvalue weighted by atomic mass is 9.79. The fraction of sp³-hybridized carbons (Fsp3) is 0.458. The second-order valence-electron chi connectivity index (χ2n) is 8.13. The number of benzene rings is 2. The third-order valence-electron chi connectivity index (χ3n) is 6.04. The molecule has 0 aromatic heterocycles. The zero-order chi connectivity index (χ0) is 18.6. The number of hydrogen-bond donors (Lipinski definition) is 0. The van der Waals surface area contributed by atoms with Gasteiger partial charge in [0.25, 0.3) is 0 Å². The van der Waals surface area contributed by atoms with E-state index in [2.05, 4.69) is 45.0 Å². The van der Waals surface area contributed by atoms with Crippen molar-refractivity contribution in [3.8, 4) is 0 Å². The zero-order valence-electron chi connectivity index (χ0n) is 16.3. The summed E-state index contributed by atoms with van der Waals surface area (Å²) in [6.45, 7) is 6.65. The molecule has 0 N–H and O–H groups in total. The normalized spacial score (nSPS) is 16.9. The van der Waals surface area contributed by atoms with Crippen LogP contribution in [-0.4, -0.2) is 5.97 Å². The van der Waals surface area contributed by atoms with Gasteiger partial charge in [-0.15, -0.1) is 0 Å². The van der Waals surface area contributed by atoms with Crippen LogP contribution in [0.3, 0.4) is 0 Å². The zero-order valence-corrected chi connectivity index (χ0v) is 16.3. The van der Waals surface area contributed by atoms with Crippen LogP contribution in [0.2, 0.25) is 0 Å². The SMILES string of the molecule is CCC(C)(C)c1ccc(C(=O)OC2(c3ccccc3)CCCCC2)cc1. The summed E-state index contributed by atoms with van der Waals surface area (Å²) >= 11 is 0. The van der Waals surface area contributed by atoms with Gasteiger partial charge in [-0.05, 0) is 60.8 Å². The molecule has 1 aliphatic carbocycles. The van der Waals surface area contributed by atoms with E-state index in [4.69, 9.17) is 4.74 Å². The van der Waals surface area contributed by atoms with E-state index >= 15 is 0 Å². The second-order valence-corrected chi connectivity index (χ2v) is 8.13. The number of carbonyl (C=O) groups excluding carboxylic acids is 1. The first kappa shape index (κ1) is 18.7. The van der Waals surface area contributed by atoms with E-state index in [1.807, 2.05) is 30.3 Å². The van der Waals surface area contributed by atoms with E-state index in [0.717, 1.165) is 37.7 Å². The van der Waals surface area contributed by atoms with Gasteiger partial charge in [0.15, 0.2) is 0 Å². The first-order chi connectivity index (χ1) is 12.5. The Kier molecular flexibility index (Phi) is 5.50. The highest BCUT2D eigenvalue weighted by atomic mass is 16.6. The van der Waals surface area contributed by atoms with E-state index in [1.165, 1.54) is 12.0 Å². The molecule has 0 heterocycles. The van der Waals surface area contributed by atoms with Crippen LogP contribution in [0.1, 0.15) is 80.8 Å². The maximum atomic E-state index is 12.9. The molecule has 0 spiro atoms. The van der Waals surface area contributed by atoms with Gasteiger partial charge in [-0.2, -0.15) is 0 Å². The molecule has 1 aliphatic rings. The molecule has 0 radical (unpaired) electrons. The minimum Gasteiger partial charge on any atom is -0.451 e. The van der Waals surface area contributed by atoms with Gasteiger partial charge in [0.2, 0.25) is 0 Å². The van der Waals surface area contributed by atoms with Gasteiger partial charge in [-0.3, -0.25) is 0 Å². The summed E-state index contributed by atoms with van der Waals surface area (Å²) in [5.74, 6) is -0.211. The lowest BCUT2D eigenvalue weighted by Gasteiger charge is -2.37. The molecule has 1 saturated carbocycles. The molecule has 1 fully saturated rings. The molecule has 2 nitrogen and oxygen atoms in total. The van der Waals surface area contributed by atoms with E-state index in [0.29, 0.717) is 5.56 Å². The molecule has 0 aliphatic heterocycles. The molecular weight excluding hydrogens is 320 g/mol. The quantitative estimate of drug-likeness (QED) is 0.584. The Labute approximate surface area is 157 Å². The molecule has 26 heavy (non-hydrogen) atoms. The van der Waals surface area contributed by atoms with Crippen molar-refractivity contribution in [3.63, 3.8) is 0 Å². The van der Waals surface area contributed by atoms with E-state index in [9.17, 15) is 4.79 Å². The summed E-state index contributed by atoms with van der Waals surface area (Å²) < 4.78 is 6.16. The Morgan fingerprint density at radius 3 is 2.15 bits per heavy atom. The first-order valence-electron chi connectivity index (χ1n) is 9.86. The minimum absolute atomic E-state index is 0.122. The van der Waals surface area contributed by atoms with Gasteiger partial charge in [-0.1, -0.05) is 69.7 Å². The molecule has 0 unspecified atom stereocenters. The van der Waals surface area contributed by atoms with Gasteiger partial charge in [0.05, 0.1) is 5.56 Å². The van der Waals surface area contributed by atoms with Crippen molar-refractivity contribution in [3.05, 3.63) is 71.3 Å². The third-order valence-corrected chi connectivity index (χ3v) is 6.04. The van der Waals surface area contributed by atoms with Crippen LogP contribution in [0, 0.1) is 0 Å². The molecule has 0 atom stereocenters. The molecule has 2 aromatic rings. The Morgan fingerprint density at radius 2 is 1.58 bits per heavy atom. The number of hydrogen-bond acceptors (Lipinski definition) is 2. The first-order valence-corrected chi connectivity index (χ1v) is 9.86. The summed E-state index contributed by atoms with van der Waals surface area (Å²) in [4.78, 5) is 12.9. The molecule has 138 valence electrons. The van der Waals surface area contributed by atoms with Crippen molar-refractivity contribution in [2.45, 2.75) is 70.3 Å². The number of carbonyl (C=O) groups is 1. The van der Waals surface area contributed by atoms with Gasteiger partial charge in [0.1, 0.15) is 5.60 Å². The van der Waals surface area contributed by atoms with Crippen LogP contribution < -0.4 is 0 Å². The third kappa shape index (κ3) is 3.85. The van der Waals surface area contributed by atoms with Crippen LogP contribution in [0.15, 0.2) is 54.6 Å². The van der Waals surface area contributed by atoms with Crippen LogP contribution in [0.4, 0.5) is 0 Å². The van der Waals surface area contributed by atoms with Crippen molar-refractivity contribution >= 4 is 5.97 Å². The van der Waals surface area contributed by atoms with Crippen molar-refractivity contribution in [2.75, 3.05) is 0 Å². The molecule has 3 rings (SSSR count). The van der Waals surface area contributed by atoms with E-state index in [-0.39, 0.29) is 11.4 Å². The number of esters is 1. The highest BCUT2D eigenvalue weighted by Gasteiger charge is 2.38. The Hall–Kier alpha value is -2.09. The Morgan fingerprint density at radius 1 is 0.962 bits per heavy atom. The predicted molar refractivity (Wildman–Crippen MR) is 106 cm³/mol. The van der Waals surface area contributed by atoms with Crippen LogP contribution in [-0.2, 0) is 15.8 Å². The largest absolute Gasteiger partial charge is 0.451 e. The van der Waals surface area contributed by atoms with Gasteiger partial charge in [-0.25, -0.2) is 4.79 Å². The smallest absolute Gasteiger partial charge is 0.339 e. The number of rotatable bonds is 5. The van der Waals surface area contributed by atoms with E-state index < -0.39 is 5.60 Å². The lowest BCUT2D eigenvalue weighted by molar-refractivity contribution is -0.0416. The molecule has 0 amide bonds. The molecule has 0 bridgehead atoms. The standard InChI is InChI=1S/C24H30O2/c1-4-23(2,3)20-15-13-19(14-16-20)22(25)26-24(17-9-6-10-18-24)21-11-7-5-8-12-21/h5,7-8,11-16H,4,6,9-10,17-18H2,1-3H3. The molecule has 0 saturated heterocycles. The van der Waals surface area contributed by atoms with Gasteiger partial charge >= 0.3 is 5.97 Å². The molecule has 2 heteroatoms. The summed E-state index contributed by atoms with van der Waals surface area (Å²) in [6.07, 6.45) is 6.30. The fourth-order valence-corrected chi connectivity index (χ4v) is 3.81. The van der Waals surface area contributed by atoms with Crippen molar-refractivity contribution in [2.24, 2.45) is 0 Å². The Balaban J connectivity index is 1.82. The fourth-order valence-electron chi connectivity index (χ4n) is 3.81. The van der Waals surface area contributed by atoms with Crippen molar-refractivity contribution in [1.29, 1.82) is 0 Å². The summed E-state index contributed by atoms with van der Waals surface area (Å²) in [5, 5.41) is 0. The predicted octanol–water partition coefficient (Wildman–Crippen LogP) is 6.39. The maximum Gasteiger partial charge on any atom is 0.339 e. The van der Waals surface area contributed by atoms with Crippen LogP contribution >= 0.6 is 0 Å². The average molecular weight is 351 g/mol. The van der Waals surface area contributed by atoms with Crippen LogP contribution in [0.25, 0.3) is 0 Å². The summed E-state index contributed by atoms with van der Waals surface area (Å²) in [7, 11) is 0. The summed E-state index contributed by atoms with van der Waals surface area (Å²) in [5.41, 5.74) is 2.67. The van der Waals surface area contributed by atoms with Gasteiger partial charge in [0, 0.05) is 0 Å². The molecule has 2 aromatic carbocycles. The van der Waals surface area contributed by atoms with Crippen molar-refractivity contribution in [1.82, 2.24) is 0 Å². The van der Waals surface area contributed by atoms with E-state index in [1.54, 1.807) is 0 Å². The Bertz CT molecular complexity index is 723. The highest BCUT2D eigenvalue weighted by molar-refractivity contribution is 5.89. The monoisotopic (exact) mass is 350 g/mol. The topological polar surface area (TPSA) is 26.3 Å². The lowest BCUT2D eigenvalue weighted by Crippen LogP contribution is -2.34. The average Bonchev–Trinajstić information content (AvgIpc) is 2.69. The highest BCUT2D eigenvalue weighted by Crippen LogP contribution is 2.41.